The van der Waals surface area contributed by atoms with E-state index in [1.807, 2.05) is 53.1 Å². The Morgan fingerprint density at radius 2 is 1.60 bits per heavy atom. The molecule has 0 spiro atoms. The Balaban J connectivity index is 2.34. The summed E-state index contributed by atoms with van der Waals surface area (Å²) in [6.07, 6.45) is 0. The highest BCUT2D eigenvalue weighted by Crippen LogP contribution is 2.27. The van der Waals surface area contributed by atoms with Crippen LogP contribution in [0.15, 0.2) is 48.5 Å². The number of carbonyl (C=O) groups is 1. The molecule has 0 saturated carbocycles. The highest BCUT2D eigenvalue weighted by atomic mass is 16.1. The first-order valence-corrected chi connectivity index (χ1v) is 6.34. The monoisotopic (exact) mass is 265 g/mol. The number of ketones is 1. The van der Waals surface area contributed by atoms with Crippen LogP contribution in [-0.4, -0.2) is 10.4 Å². The fourth-order valence-corrected chi connectivity index (χ4v) is 2.39. The smallest absolute Gasteiger partial charge is 0.176 e. The topological polar surface area (TPSA) is 74.0 Å². The van der Waals surface area contributed by atoms with E-state index >= 15 is 0 Å². The Kier molecular flexibility index (Phi) is 2.71. The van der Waals surface area contributed by atoms with Gasteiger partial charge in [-0.25, -0.2) is 0 Å². The van der Waals surface area contributed by atoms with Crippen molar-refractivity contribution in [2.75, 3.05) is 11.5 Å². The molecule has 0 saturated heterocycles. The van der Waals surface area contributed by atoms with Crippen LogP contribution in [0.3, 0.4) is 0 Å². The normalized spacial score (nSPS) is 10.8. The Labute approximate surface area is 116 Å². The zero-order chi connectivity index (χ0) is 14.3. The summed E-state index contributed by atoms with van der Waals surface area (Å²) >= 11 is 0. The number of fused-ring (bicyclic) bond motifs is 1. The third-order valence-electron chi connectivity index (χ3n) is 3.34. The van der Waals surface area contributed by atoms with Crippen molar-refractivity contribution in [3.8, 4) is 5.69 Å². The summed E-state index contributed by atoms with van der Waals surface area (Å²) in [7, 11) is 0. The molecule has 20 heavy (non-hydrogen) atoms. The van der Waals surface area contributed by atoms with E-state index in [0.29, 0.717) is 17.1 Å². The van der Waals surface area contributed by atoms with Crippen LogP contribution < -0.4 is 11.5 Å². The predicted octanol–water partition coefficient (Wildman–Crippen LogP) is 3.00. The summed E-state index contributed by atoms with van der Waals surface area (Å²) < 4.78 is 1.93. The van der Waals surface area contributed by atoms with Crippen LogP contribution in [0, 0.1) is 0 Å². The van der Waals surface area contributed by atoms with Crippen LogP contribution in [0.5, 0.6) is 0 Å². The molecule has 0 amide bonds. The molecule has 0 atom stereocenters. The second kappa shape index (κ2) is 4.42. The van der Waals surface area contributed by atoms with E-state index in [0.717, 1.165) is 16.6 Å². The number of carbonyl (C=O) groups excluding carboxylic acids is 1. The number of rotatable bonds is 2. The predicted molar refractivity (Wildman–Crippen MR) is 82.1 cm³/mol. The van der Waals surface area contributed by atoms with E-state index in [1.165, 1.54) is 0 Å². The molecule has 3 aromatic rings. The zero-order valence-electron chi connectivity index (χ0n) is 11.1. The molecule has 4 nitrogen and oxygen atoms in total. The van der Waals surface area contributed by atoms with Crippen LogP contribution >= 0.6 is 0 Å². The fourth-order valence-electron chi connectivity index (χ4n) is 2.39. The van der Waals surface area contributed by atoms with Crippen molar-refractivity contribution in [3.05, 3.63) is 54.2 Å². The molecule has 1 aromatic heterocycles. The number of nitrogens with two attached hydrogens (primary N) is 2. The highest BCUT2D eigenvalue weighted by molar-refractivity contribution is 6.00. The van der Waals surface area contributed by atoms with E-state index < -0.39 is 0 Å². The number of Topliss-reactive ketones (excluding diaryl/α,β-unsaturated/α-hetero) is 1. The fraction of sp³-hybridized carbons (Fsp3) is 0.0625. The molecule has 3 rings (SSSR count). The van der Waals surface area contributed by atoms with Gasteiger partial charge in [-0.05, 0) is 48.5 Å². The third-order valence-corrected chi connectivity index (χ3v) is 3.34. The van der Waals surface area contributed by atoms with Crippen molar-refractivity contribution >= 4 is 28.1 Å². The summed E-state index contributed by atoms with van der Waals surface area (Å²) in [4.78, 5) is 11.9. The van der Waals surface area contributed by atoms with Crippen molar-refractivity contribution in [1.29, 1.82) is 0 Å². The number of anilines is 2. The molecule has 0 radical (unpaired) electrons. The van der Waals surface area contributed by atoms with Gasteiger partial charge in [0, 0.05) is 29.4 Å². The van der Waals surface area contributed by atoms with Gasteiger partial charge >= 0.3 is 0 Å². The third kappa shape index (κ3) is 1.91. The minimum Gasteiger partial charge on any atom is -0.399 e. The SMILES string of the molecule is CC(=O)c1cc2cc(N)ccc2n1-c1ccc(N)cc1. The van der Waals surface area contributed by atoms with Gasteiger partial charge in [-0.15, -0.1) is 0 Å². The zero-order valence-corrected chi connectivity index (χ0v) is 11.1. The number of benzene rings is 2. The molecule has 0 aliphatic carbocycles. The molecule has 4 N–H and O–H groups in total. The molecule has 0 aliphatic heterocycles. The highest BCUT2D eigenvalue weighted by Gasteiger charge is 2.13. The molecule has 0 fully saturated rings. The molecular weight excluding hydrogens is 250 g/mol. The van der Waals surface area contributed by atoms with E-state index in [9.17, 15) is 4.79 Å². The maximum Gasteiger partial charge on any atom is 0.176 e. The van der Waals surface area contributed by atoms with Crippen LogP contribution in [-0.2, 0) is 0 Å². The number of nitrogen functional groups attached to an aromatic ring is 2. The van der Waals surface area contributed by atoms with Gasteiger partial charge in [-0.2, -0.15) is 0 Å². The number of aromatic nitrogens is 1. The van der Waals surface area contributed by atoms with Gasteiger partial charge in [-0.3, -0.25) is 4.79 Å². The number of nitrogens with zero attached hydrogens (tertiary/aromatic N) is 1. The average molecular weight is 265 g/mol. The maximum absolute atomic E-state index is 11.9. The lowest BCUT2D eigenvalue weighted by molar-refractivity contribution is 0.101. The van der Waals surface area contributed by atoms with Crippen molar-refractivity contribution < 1.29 is 4.79 Å². The molecule has 0 bridgehead atoms. The summed E-state index contributed by atoms with van der Waals surface area (Å²) in [5.74, 6) is 0.0107. The van der Waals surface area contributed by atoms with Gasteiger partial charge in [0.1, 0.15) is 0 Å². The van der Waals surface area contributed by atoms with Crippen LogP contribution in [0.25, 0.3) is 16.6 Å². The van der Waals surface area contributed by atoms with Gasteiger partial charge in [-0.1, -0.05) is 0 Å². The first-order chi connectivity index (χ1) is 9.56. The van der Waals surface area contributed by atoms with Crippen LogP contribution in [0.4, 0.5) is 11.4 Å². The van der Waals surface area contributed by atoms with Crippen LogP contribution in [0.2, 0.25) is 0 Å². The van der Waals surface area contributed by atoms with Crippen molar-refractivity contribution in [2.24, 2.45) is 0 Å². The van der Waals surface area contributed by atoms with E-state index in [-0.39, 0.29) is 5.78 Å². The summed E-state index contributed by atoms with van der Waals surface area (Å²) in [5, 5.41) is 0.951. The molecule has 100 valence electrons. The molecule has 1 heterocycles. The van der Waals surface area contributed by atoms with Gasteiger partial charge in [0.15, 0.2) is 5.78 Å². The second-order valence-electron chi connectivity index (χ2n) is 4.83. The average Bonchev–Trinajstić information content (AvgIpc) is 2.78. The lowest BCUT2D eigenvalue weighted by Gasteiger charge is -2.09. The van der Waals surface area contributed by atoms with Gasteiger partial charge in [0.2, 0.25) is 0 Å². The first-order valence-electron chi connectivity index (χ1n) is 6.34. The maximum atomic E-state index is 11.9. The Hall–Kier alpha value is -2.75. The Morgan fingerprint density at radius 1 is 0.950 bits per heavy atom. The second-order valence-corrected chi connectivity index (χ2v) is 4.83. The summed E-state index contributed by atoms with van der Waals surface area (Å²) in [6.45, 7) is 1.56. The number of hydrogen-bond acceptors (Lipinski definition) is 3. The molecular formula is C16H15N3O. The minimum absolute atomic E-state index is 0.0107. The van der Waals surface area contributed by atoms with Crippen molar-refractivity contribution in [2.45, 2.75) is 6.92 Å². The standard InChI is InChI=1S/C16H15N3O/c1-10(20)16-9-11-8-13(18)4-7-15(11)19(16)14-5-2-12(17)3-6-14/h2-9H,17-18H2,1H3. The van der Waals surface area contributed by atoms with Crippen molar-refractivity contribution in [1.82, 2.24) is 4.57 Å². The minimum atomic E-state index is 0.0107. The lowest BCUT2D eigenvalue weighted by Crippen LogP contribution is -2.04. The Morgan fingerprint density at radius 3 is 2.25 bits per heavy atom. The van der Waals surface area contributed by atoms with Gasteiger partial charge < -0.3 is 16.0 Å². The van der Waals surface area contributed by atoms with E-state index in [2.05, 4.69) is 0 Å². The van der Waals surface area contributed by atoms with E-state index in [4.69, 9.17) is 11.5 Å². The van der Waals surface area contributed by atoms with Gasteiger partial charge in [0.05, 0.1) is 11.2 Å². The lowest BCUT2D eigenvalue weighted by atomic mass is 10.2. The molecule has 4 heteroatoms. The van der Waals surface area contributed by atoms with E-state index in [1.54, 1.807) is 6.92 Å². The summed E-state index contributed by atoms with van der Waals surface area (Å²) in [5.41, 5.74) is 15.4. The number of hydrogen-bond donors (Lipinski definition) is 2. The molecule has 0 unspecified atom stereocenters. The quantitative estimate of drug-likeness (QED) is 0.552. The molecule has 2 aromatic carbocycles. The van der Waals surface area contributed by atoms with Gasteiger partial charge in [0.25, 0.3) is 0 Å². The Bertz CT molecular complexity index is 800. The largest absolute Gasteiger partial charge is 0.399 e. The first kappa shape index (κ1) is 12.3. The van der Waals surface area contributed by atoms with Crippen molar-refractivity contribution in [3.63, 3.8) is 0 Å². The molecule has 0 aliphatic rings. The van der Waals surface area contributed by atoms with Crippen LogP contribution in [0.1, 0.15) is 17.4 Å². The summed E-state index contributed by atoms with van der Waals surface area (Å²) in [6, 6.07) is 14.9.